The molecule has 3 nitrogen and oxygen atoms in total. The molecule has 2 atom stereocenters. The van der Waals surface area contributed by atoms with E-state index in [9.17, 15) is 4.79 Å². The van der Waals surface area contributed by atoms with Crippen molar-refractivity contribution in [3.63, 3.8) is 0 Å². The molecule has 1 aromatic carbocycles. The smallest absolute Gasteiger partial charge is 0.308 e. The van der Waals surface area contributed by atoms with E-state index in [1.807, 2.05) is 30.3 Å². The average Bonchev–Trinajstić information content (AvgIpc) is 2.49. The zero-order chi connectivity index (χ0) is 14.8. The van der Waals surface area contributed by atoms with Gasteiger partial charge in [-0.2, -0.15) is 0 Å². The van der Waals surface area contributed by atoms with E-state index < -0.39 is 0 Å². The molecule has 1 rings (SSSR count). The van der Waals surface area contributed by atoms with Crippen LogP contribution in [0.3, 0.4) is 0 Å². The van der Waals surface area contributed by atoms with Gasteiger partial charge in [0.2, 0.25) is 0 Å². The third-order valence-electron chi connectivity index (χ3n) is 3.55. The zero-order valence-electron chi connectivity index (χ0n) is 12.8. The second-order valence-corrected chi connectivity index (χ2v) is 5.23. The maximum Gasteiger partial charge on any atom is 0.308 e. The molecule has 0 spiro atoms. The Morgan fingerprint density at radius 3 is 2.55 bits per heavy atom. The van der Waals surface area contributed by atoms with Gasteiger partial charge in [-0.25, -0.2) is 0 Å². The molecule has 0 N–H and O–H groups in total. The van der Waals surface area contributed by atoms with Gasteiger partial charge >= 0.3 is 5.97 Å². The molecular formula is C17H26O3. The molecule has 3 heteroatoms. The minimum absolute atomic E-state index is 0.0748. The third-order valence-corrected chi connectivity index (χ3v) is 3.55. The highest BCUT2D eigenvalue weighted by Crippen LogP contribution is 2.20. The average molecular weight is 278 g/mol. The van der Waals surface area contributed by atoms with E-state index in [0.717, 1.165) is 24.8 Å². The molecular weight excluding hydrogens is 252 g/mol. The van der Waals surface area contributed by atoms with Crippen LogP contribution in [0.4, 0.5) is 0 Å². The quantitative estimate of drug-likeness (QED) is 0.641. The van der Waals surface area contributed by atoms with Crippen molar-refractivity contribution >= 4 is 5.97 Å². The van der Waals surface area contributed by atoms with Crippen molar-refractivity contribution in [3.05, 3.63) is 35.9 Å². The summed E-state index contributed by atoms with van der Waals surface area (Å²) in [5.41, 5.74) is 1.13. The van der Waals surface area contributed by atoms with E-state index in [-0.39, 0.29) is 12.1 Å². The molecule has 0 aliphatic rings. The molecule has 0 radical (unpaired) electrons. The fourth-order valence-electron chi connectivity index (χ4n) is 2.16. The molecule has 1 aromatic rings. The molecule has 0 aromatic heterocycles. The van der Waals surface area contributed by atoms with Crippen LogP contribution in [-0.4, -0.2) is 19.2 Å². The second kappa shape index (κ2) is 9.54. The first-order valence-electron chi connectivity index (χ1n) is 7.39. The minimum Gasteiger partial charge on any atom is -0.469 e. The highest BCUT2D eigenvalue weighted by atomic mass is 16.5. The fraction of sp³-hybridized carbons (Fsp3) is 0.588. The number of hydrogen-bond donors (Lipinski definition) is 0. The van der Waals surface area contributed by atoms with Gasteiger partial charge in [-0.05, 0) is 17.9 Å². The number of carbonyl (C=O) groups is 1. The molecule has 0 fully saturated rings. The van der Waals surface area contributed by atoms with Crippen LogP contribution in [0.25, 0.3) is 0 Å². The summed E-state index contributed by atoms with van der Waals surface area (Å²) < 4.78 is 10.7. The summed E-state index contributed by atoms with van der Waals surface area (Å²) in [5.74, 6) is 0.157. The van der Waals surface area contributed by atoms with Crippen LogP contribution < -0.4 is 0 Å². The Bertz CT molecular complexity index is 375. The standard InChI is InChI=1S/C17H26O3/c1-4-5-9-14(2)16(12-17(18)19-3)20-13-15-10-7-6-8-11-15/h6-8,10-11,14,16H,4-5,9,12-13H2,1-3H3/t14-,16-/m0/s1. The molecule has 112 valence electrons. The lowest BCUT2D eigenvalue weighted by molar-refractivity contribution is -0.145. The lowest BCUT2D eigenvalue weighted by Gasteiger charge is -2.23. The largest absolute Gasteiger partial charge is 0.469 e. The monoisotopic (exact) mass is 278 g/mol. The number of hydrogen-bond acceptors (Lipinski definition) is 3. The van der Waals surface area contributed by atoms with Gasteiger partial charge in [-0.3, -0.25) is 4.79 Å². The predicted octanol–water partition coefficient (Wildman–Crippen LogP) is 3.96. The summed E-state index contributed by atoms with van der Waals surface area (Å²) in [5, 5.41) is 0. The highest BCUT2D eigenvalue weighted by Gasteiger charge is 2.21. The lowest BCUT2D eigenvalue weighted by Crippen LogP contribution is -2.26. The minimum atomic E-state index is -0.202. The van der Waals surface area contributed by atoms with E-state index in [2.05, 4.69) is 13.8 Å². The van der Waals surface area contributed by atoms with Crippen molar-refractivity contribution < 1.29 is 14.3 Å². The summed E-state index contributed by atoms with van der Waals surface area (Å²) in [6, 6.07) is 10.0. The van der Waals surface area contributed by atoms with E-state index in [1.54, 1.807) is 0 Å². The highest BCUT2D eigenvalue weighted by molar-refractivity contribution is 5.69. The van der Waals surface area contributed by atoms with Crippen molar-refractivity contribution in [2.24, 2.45) is 5.92 Å². The maximum absolute atomic E-state index is 11.5. The van der Waals surface area contributed by atoms with E-state index in [0.29, 0.717) is 18.9 Å². The van der Waals surface area contributed by atoms with Crippen molar-refractivity contribution in [1.29, 1.82) is 0 Å². The summed E-state index contributed by atoms with van der Waals surface area (Å²) in [6.07, 6.45) is 3.65. The number of benzene rings is 1. The number of unbranched alkanes of at least 4 members (excludes halogenated alkanes) is 1. The molecule has 0 saturated carbocycles. The van der Waals surface area contributed by atoms with Gasteiger partial charge in [0.15, 0.2) is 0 Å². The first-order chi connectivity index (χ1) is 9.67. The Morgan fingerprint density at radius 1 is 1.25 bits per heavy atom. The summed E-state index contributed by atoms with van der Waals surface area (Å²) in [7, 11) is 1.42. The summed E-state index contributed by atoms with van der Waals surface area (Å²) in [6.45, 7) is 4.86. The van der Waals surface area contributed by atoms with E-state index in [4.69, 9.17) is 9.47 Å². The number of rotatable bonds is 9. The number of methoxy groups -OCH3 is 1. The molecule has 0 unspecified atom stereocenters. The van der Waals surface area contributed by atoms with E-state index >= 15 is 0 Å². The third kappa shape index (κ3) is 6.20. The summed E-state index contributed by atoms with van der Waals surface area (Å²) >= 11 is 0. The van der Waals surface area contributed by atoms with Gasteiger partial charge in [0.1, 0.15) is 0 Å². The zero-order valence-corrected chi connectivity index (χ0v) is 12.8. The molecule has 0 amide bonds. The van der Waals surface area contributed by atoms with Crippen LogP contribution in [-0.2, 0) is 20.9 Å². The molecule has 0 heterocycles. The van der Waals surface area contributed by atoms with Gasteiger partial charge < -0.3 is 9.47 Å². The normalized spacial score (nSPS) is 13.8. The van der Waals surface area contributed by atoms with Gasteiger partial charge in [-0.1, -0.05) is 57.0 Å². The SMILES string of the molecule is CCCC[C@H](C)[C@H](CC(=O)OC)OCc1ccccc1. The van der Waals surface area contributed by atoms with Crippen LogP contribution in [0.15, 0.2) is 30.3 Å². The molecule has 0 aliphatic carbocycles. The van der Waals surface area contributed by atoms with Crippen molar-refractivity contribution in [3.8, 4) is 0 Å². The van der Waals surface area contributed by atoms with Crippen molar-refractivity contribution in [1.82, 2.24) is 0 Å². The Morgan fingerprint density at radius 2 is 1.95 bits per heavy atom. The van der Waals surface area contributed by atoms with Crippen LogP contribution in [0, 0.1) is 5.92 Å². The second-order valence-electron chi connectivity index (χ2n) is 5.23. The Kier molecular flexibility index (Phi) is 7.97. The molecule has 0 bridgehead atoms. The maximum atomic E-state index is 11.5. The fourth-order valence-corrected chi connectivity index (χ4v) is 2.16. The first-order valence-corrected chi connectivity index (χ1v) is 7.39. The van der Waals surface area contributed by atoms with Crippen LogP contribution in [0.2, 0.25) is 0 Å². The molecule has 20 heavy (non-hydrogen) atoms. The topological polar surface area (TPSA) is 35.5 Å². The summed E-state index contributed by atoms with van der Waals surface area (Å²) in [4.78, 5) is 11.5. The van der Waals surface area contributed by atoms with Gasteiger partial charge in [0.05, 0.1) is 26.2 Å². The predicted molar refractivity (Wildman–Crippen MR) is 80.3 cm³/mol. The molecule has 0 saturated heterocycles. The number of carbonyl (C=O) groups excluding carboxylic acids is 1. The lowest BCUT2D eigenvalue weighted by atomic mass is 9.95. The van der Waals surface area contributed by atoms with Gasteiger partial charge in [-0.15, -0.1) is 0 Å². The van der Waals surface area contributed by atoms with Crippen molar-refractivity contribution in [2.45, 2.75) is 52.2 Å². The van der Waals surface area contributed by atoms with Gasteiger partial charge in [0.25, 0.3) is 0 Å². The molecule has 0 aliphatic heterocycles. The Labute approximate surface area is 122 Å². The van der Waals surface area contributed by atoms with Crippen LogP contribution in [0.5, 0.6) is 0 Å². The first kappa shape index (κ1) is 16.7. The number of esters is 1. The Hall–Kier alpha value is -1.35. The Balaban J connectivity index is 2.54. The van der Waals surface area contributed by atoms with Crippen LogP contribution in [0.1, 0.15) is 45.1 Å². The van der Waals surface area contributed by atoms with E-state index in [1.165, 1.54) is 7.11 Å². The van der Waals surface area contributed by atoms with Crippen LogP contribution >= 0.6 is 0 Å². The van der Waals surface area contributed by atoms with Gasteiger partial charge in [0, 0.05) is 0 Å². The number of ether oxygens (including phenoxy) is 2. The van der Waals surface area contributed by atoms with Crippen molar-refractivity contribution in [2.75, 3.05) is 7.11 Å².